The normalized spacial score (nSPS) is 12.4. The van der Waals surface area contributed by atoms with Gasteiger partial charge < -0.3 is 5.32 Å². The van der Waals surface area contributed by atoms with Crippen molar-refractivity contribution in [3.63, 3.8) is 0 Å². The first-order chi connectivity index (χ1) is 10.0. The van der Waals surface area contributed by atoms with Crippen LogP contribution in [0, 0.1) is 11.7 Å². The maximum absolute atomic E-state index is 12.8. The molecule has 112 valence electrons. The van der Waals surface area contributed by atoms with E-state index in [4.69, 9.17) is 0 Å². The van der Waals surface area contributed by atoms with E-state index in [-0.39, 0.29) is 30.1 Å². The summed E-state index contributed by atoms with van der Waals surface area (Å²) in [6.07, 6.45) is 3.61. The number of halogens is 1. The summed E-state index contributed by atoms with van der Waals surface area (Å²) in [6, 6.07) is 5.93. The van der Waals surface area contributed by atoms with Crippen molar-refractivity contribution in [3.8, 4) is 0 Å². The van der Waals surface area contributed by atoms with Crippen LogP contribution in [-0.2, 0) is 17.8 Å². The molecule has 21 heavy (non-hydrogen) atoms. The van der Waals surface area contributed by atoms with E-state index in [1.54, 1.807) is 29.2 Å². The Hall–Kier alpha value is -2.24. The number of carbonyl (C=O) groups excluding carboxylic acids is 1. The highest BCUT2D eigenvalue weighted by Crippen LogP contribution is 2.07. The smallest absolute Gasteiger partial charge is 0.224 e. The minimum Gasteiger partial charge on any atom is -0.351 e. The molecule has 6 heteroatoms. The van der Waals surface area contributed by atoms with Gasteiger partial charge in [-0.05, 0) is 23.6 Å². The van der Waals surface area contributed by atoms with E-state index < -0.39 is 0 Å². The third-order valence-corrected chi connectivity index (χ3v) is 3.28. The van der Waals surface area contributed by atoms with Crippen molar-refractivity contribution in [1.82, 2.24) is 20.3 Å². The number of amides is 1. The van der Waals surface area contributed by atoms with E-state index >= 15 is 0 Å². The van der Waals surface area contributed by atoms with Crippen molar-refractivity contribution in [2.45, 2.75) is 32.9 Å². The highest BCUT2D eigenvalue weighted by Gasteiger charge is 2.17. The number of benzene rings is 1. The lowest BCUT2D eigenvalue weighted by Crippen LogP contribution is -2.42. The summed E-state index contributed by atoms with van der Waals surface area (Å²) in [5.41, 5.74) is 0.789. The van der Waals surface area contributed by atoms with Gasteiger partial charge in [0.15, 0.2) is 0 Å². The molecule has 1 amide bonds. The van der Waals surface area contributed by atoms with Crippen LogP contribution in [0.1, 0.15) is 19.4 Å². The Morgan fingerprint density at radius 1 is 1.33 bits per heavy atom. The lowest BCUT2D eigenvalue weighted by Gasteiger charge is -2.22. The van der Waals surface area contributed by atoms with Crippen molar-refractivity contribution in [2.75, 3.05) is 0 Å². The molecular formula is C15H19FN4O. The molecule has 1 N–H and O–H groups in total. The van der Waals surface area contributed by atoms with Gasteiger partial charge in [0.05, 0.1) is 25.2 Å². The molecule has 0 spiro atoms. The molecule has 5 nitrogen and oxygen atoms in total. The number of aromatic nitrogens is 3. The number of nitrogens with zero attached hydrogens (tertiary/aromatic N) is 3. The number of carbonyl (C=O) groups is 1. The van der Waals surface area contributed by atoms with Gasteiger partial charge in [0.25, 0.3) is 0 Å². The summed E-state index contributed by atoms with van der Waals surface area (Å²) >= 11 is 0. The van der Waals surface area contributed by atoms with Crippen LogP contribution in [0.3, 0.4) is 0 Å². The molecule has 1 heterocycles. The van der Waals surface area contributed by atoms with Crippen LogP contribution in [0.5, 0.6) is 0 Å². The molecule has 2 aromatic rings. The molecule has 2 rings (SSSR count). The van der Waals surface area contributed by atoms with Crippen LogP contribution in [0.4, 0.5) is 4.39 Å². The fourth-order valence-electron chi connectivity index (χ4n) is 2.00. The number of nitrogens with one attached hydrogen (secondary N) is 1. The predicted octanol–water partition coefficient (Wildman–Crippen LogP) is 1.80. The molecule has 1 aromatic heterocycles. The van der Waals surface area contributed by atoms with Crippen LogP contribution >= 0.6 is 0 Å². The van der Waals surface area contributed by atoms with Gasteiger partial charge in [0.1, 0.15) is 5.82 Å². The minimum atomic E-state index is -0.301. The van der Waals surface area contributed by atoms with Crippen LogP contribution < -0.4 is 5.32 Å². The van der Waals surface area contributed by atoms with Crippen LogP contribution in [0.15, 0.2) is 36.7 Å². The monoisotopic (exact) mass is 290 g/mol. The lowest BCUT2D eigenvalue weighted by molar-refractivity contribution is -0.121. The summed E-state index contributed by atoms with van der Waals surface area (Å²) in [7, 11) is 0. The molecule has 1 aromatic carbocycles. The van der Waals surface area contributed by atoms with Gasteiger partial charge in [0, 0.05) is 6.20 Å². The first-order valence-corrected chi connectivity index (χ1v) is 6.92. The average molecular weight is 290 g/mol. The second kappa shape index (κ2) is 6.97. The van der Waals surface area contributed by atoms with Gasteiger partial charge in [-0.15, -0.1) is 5.10 Å². The summed E-state index contributed by atoms with van der Waals surface area (Å²) in [5, 5.41) is 10.7. The highest BCUT2D eigenvalue weighted by molar-refractivity contribution is 5.78. The van der Waals surface area contributed by atoms with Gasteiger partial charge in [-0.25, -0.2) is 4.39 Å². The van der Waals surface area contributed by atoms with E-state index in [1.807, 2.05) is 13.8 Å². The zero-order valence-corrected chi connectivity index (χ0v) is 12.2. The van der Waals surface area contributed by atoms with Crippen LogP contribution in [0.25, 0.3) is 0 Å². The second-order valence-electron chi connectivity index (χ2n) is 5.35. The van der Waals surface area contributed by atoms with Crippen molar-refractivity contribution in [3.05, 3.63) is 48.0 Å². The van der Waals surface area contributed by atoms with E-state index in [0.29, 0.717) is 6.54 Å². The predicted molar refractivity (Wildman–Crippen MR) is 76.9 cm³/mol. The average Bonchev–Trinajstić information content (AvgIpc) is 2.93. The fourth-order valence-corrected chi connectivity index (χ4v) is 2.00. The third-order valence-electron chi connectivity index (χ3n) is 3.28. The van der Waals surface area contributed by atoms with Crippen LogP contribution in [0.2, 0.25) is 0 Å². The Labute approximate surface area is 123 Å². The van der Waals surface area contributed by atoms with Gasteiger partial charge in [-0.1, -0.05) is 31.2 Å². The fraction of sp³-hybridized carbons (Fsp3) is 0.400. The SMILES string of the molecule is CC(C)[C@@H](Cn1ccnn1)NC(=O)Cc1ccc(F)cc1. The van der Waals surface area contributed by atoms with Crippen LogP contribution in [-0.4, -0.2) is 26.9 Å². The quantitative estimate of drug-likeness (QED) is 0.882. The van der Waals surface area contributed by atoms with Gasteiger partial charge in [-0.3, -0.25) is 9.48 Å². The first kappa shape index (κ1) is 15.2. The Morgan fingerprint density at radius 2 is 2.05 bits per heavy atom. The molecule has 0 unspecified atom stereocenters. The molecular weight excluding hydrogens is 271 g/mol. The van der Waals surface area contributed by atoms with Gasteiger partial charge in [0.2, 0.25) is 5.91 Å². The van der Waals surface area contributed by atoms with E-state index in [2.05, 4.69) is 15.6 Å². The maximum atomic E-state index is 12.8. The van der Waals surface area contributed by atoms with Crippen molar-refractivity contribution in [1.29, 1.82) is 0 Å². The second-order valence-corrected chi connectivity index (χ2v) is 5.35. The summed E-state index contributed by atoms with van der Waals surface area (Å²) in [6.45, 7) is 4.66. The zero-order chi connectivity index (χ0) is 15.2. The number of hydrogen-bond donors (Lipinski definition) is 1. The van der Waals surface area contributed by atoms with Crippen molar-refractivity contribution < 1.29 is 9.18 Å². The molecule has 0 aliphatic rings. The molecule has 0 aliphatic heterocycles. The molecule has 0 radical (unpaired) electrons. The Kier molecular flexibility index (Phi) is 5.03. The lowest BCUT2D eigenvalue weighted by atomic mass is 10.0. The zero-order valence-electron chi connectivity index (χ0n) is 12.2. The molecule has 1 atom stereocenters. The molecule has 0 aliphatic carbocycles. The third kappa shape index (κ3) is 4.66. The molecule has 0 bridgehead atoms. The van der Waals surface area contributed by atoms with E-state index in [0.717, 1.165) is 5.56 Å². The maximum Gasteiger partial charge on any atom is 0.224 e. The summed E-state index contributed by atoms with van der Waals surface area (Å²) in [4.78, 5) is 12.1. The van der Waals surface area contributed by atoms with E-state index in [9.17, 15) is 9.18 Å². The topological polar surface area (TPSA) is 59.8 Å². The molecule has 0 fully saturated rings. The van der Waals surface area contributed by atoms with E-state index in [1.165, 1.54) is 12.1 Å². The molecule has 0 saturated heterocycles. The first-order valence-electron chi connectivity index (χ1n) is 6.92. The Morgan fingerprint density at radius 3 is 2.62 bits per heavy atom. The molecule has 0 saturated carbocycles. The van der Waals surface area contributed by atoms with Crippen molar-refractivity contribution >= 4 is 5.91 Å². The van der Waals surface area contributed by atoms with Gasteiger partial charge >= 0.3 is 0 Å². The largest absolute Gasteiger partial charge is 0.351 e. The Balaban J connectivity index is 1.93. The van der Waals surface area contributed by atoms with Gasteiger partial charge in [-0.2, -0.15) is 0 Å². The minimum absolute atomic E-state index is 0.0281. The Bertz CT molecular complexity index is 566. The number of hydrogen-bond acceptors (Lipinski definition) is 3. The van der Waals surface area contributed by atoms with Crippen molar-refractivity contribution in [2.24, 2.45) is 5.92 Å². The summed E-state index contributed by atoms with van der Waals surface area (Å²) < 4.78 is 14.5. The highest BCUT2D eigenvalue weighted by atomic mass is 19.1. The standard InChI is InChI=1S/C15H19FN4O/c1-11(2)14(10-20-8-7-17-19-20)18-15(21)9-12-3-5-13(16)6-4-12/h3-8,11,14H,9-10H2,1-2H3,(H,18,21)/t14-/m1/s1. The summed E-state index contributed by atoms with van der Waals surface area (Å²) in [5.74, 6) is -0.114. The number of rotatable bonds is 6.